The number of rotatable bonds is 1. The van der Waals surface area contributed by atoms with Crippen LogP contribution in [-0.4, -0.2) is 30.6 Å². The number of alkyl halides is 1. The first kappa shape index (κ1) is 7.52. The molecule has 0 spiro atoms. The van der Waals surface area contributed by atoms with Crippen molar-refractivity contribution < 1.29 is 18.8 Å². The van der Waals surface area contributed by atoms with E-state index in [4.69, 9.17) is 9.57 Å². The summed E-state index contributed by atoms with van der Waals surface area (Å²) in [5.74, 6) is -1.04. The molecule has 2 heterocycles. The van der Waals surface area contributed by atoms with Crippen LogP contribution < -0.4 is 0 Å². The highest BCUT2D eigenvalue weighted by Gasteiger charge is 2.51. The highest BCUT2D eigenvalue weighted by molar-refractivity contribution is 6.05. The quantitative estimate of drug-likeness (QED) is 0.535. The third kappa shape index (κ3) is 0.821. The minimum atomic E-state index is -0.747. The molecule has 0 bridgehead atoms. The van der Waals surface area contributed by atoms with Crippen molar-refractivity contribution in [3.05, 3.63) is 0 Å². The van der Waals surface area contributed by atoms with E-state index in [1.807, 2.05) is 0 Å². The maximum atomic E-state index is 12.2. The molecule has 0 aromatic carbocycles. The van der Waals surface area contributed by atoms with Gasteiger partial charge >= 0.3 is 5.97 Å². The van der Waals surface area contributed by atoms with E-state index >= 15 is 0 Å². The zero-order valence-electron chi connectivity index (χ0n) is 6.49. The zero-order valence-corrected chi connectivity index (χ0v) is 6.49. The maximum Gasteiger partial charge on any atom is 0.319 e. The Balaban J connectivity index is 2.23. The van der Waals surface area contributed by atoms with Crippen molar-refractivity contribution in [2.45, 2.75) is 19.1 Å². The predicted molar refractivity (Wildman–Crippen MR) is 37.3 cm³/mol. The van der Waals surface area contributed by atoms with Crippen molar-refractivity contribution in [3.8, 4) is 0 Å². The van der Waals surface area contributed by atoms with Crippen molar-refractivity contribution in [2.75, 3.05) is 6.67 Å². The molecule has 0 aliphatic carbocycles. The highest BCUT2D eigenvalue weighted by atomic mass is 19.1. The molecule has 2 aliphatic heterocycles. The number of cyclic esters (lactones) is 1. The van der Waals surface area contributed by atoms with Crippen molar-refractivity contribution in [1.82, 2.24) is 0 Å². The summed E-state index contributed by atoms with van der Waals surface area (Å²) in [4.78, 5) is 16.0. The molecule has 1 saturated heterocycles. The number of hydrogen-bond donors (Lipinski definition) is 0. The lowest BCUT2D eigenvalue weighted by Crippen LogP contribution is -2.27. The molecule has 2 aliphatic rings. The van der Waals surface area contributed by atoms with Crippen LogP contribution in [0.3, 0.4) is 0 Å². The lowest BCUT2D eigenvalue weighted by atomic mass is 9.98. The standard InChI is InChI=1S/C7H8FNO3/c1-3-6-5(7(10)11-3)4(2-8)9-12-6/h3,5-6H,2H2,1H3/t3-,5-,6-/m1/s1. The first-order valence-corrected chi connectivity index (χ1v) is 3.73. The lowest BCUT2D eigenvalue weighted by Gasteiger charge is -2.07. The molecule has 0 radical (unpaired) electrons. The van der Waals surface area contributed by atoms with Gasteiger partial charge in [-0.2, -0.15) is 0 Å². The third-order valence-electron chi connectivity index (χ3n) is 2.13. The fourth-order valence-corrected chi connectivity index (χ4v) is 1.49. The molecule has 5 heteroatoms. The molecule has 0 saturated carbocycles. The lowest BCUT2D eigenvalue weighted by molar-refractivity contribution is -0.142. The first-order chi connectivity index (χ1) is 5.74. The number of esters is 1. The van der Waals surface area contributed by atoms with Crippen LogP contribution >= 0.6 is 0 Å². The SMILES string of the molecule is C[C@H]1OC(=O)[C@@H]2C(CF)=NO[C@@H]21. The van der Waals surface area contributed by atoms with Gasteiger partial charge in [-0.1, -0.05) is 5.16 Å². The van der Waals surface area contributed by atoms with Gasteiger partial charge in [0.15, 0.2) is 6.10 Å². The van der Waals surface area contributed by atoms with Crippen LogP contribution in [0, 0.1) is 5.92 Å². The molecule has 0 amide bonds. The summed E-state index contributed by atoms with van der Waals surface area (Å²) in [5.41, 5.74) is 0.148. The van der Waals surface area contributed by atoms with Crippen LogP contribution in [0.1, 0.15) is 6.92 Å². The fourth-order valence-electron chi connectivity index (χ4n) is 1.49. The average molecular weight is 173 g/mol. The second-order valence-corrected chi connectivity index (χ2v) is 2.91. The molecular weight excluding hydrogens is 165 g/mol. The van der Waals surface area contributed by atoms with Gasteiger partial charge < -0.3 is 9.57 Å². The van der Waals surface area contributed by atoms with Crippen molar-refractivity contribution in [2.24, 2.45) is 11.1 Å². The van der Waals surface area contributed by atoms with Crippen LogP contribution in [0.5, 0.6) is 0 Å². The average Bonchev–Trinajstić information content (AvgIpc) is 2.55. The van der Waals surface area contributed by atoms with Crippen LogP contribution in [0.4, 0.5) is 4.39 Å². The van der Waals surface area contributed by atoms with E-state index in [0.717, 1.165) is 0 Å². The van der Waals surface area contributed by atoms with Crippen LogP contribution in [0.25, 0.3) is 0 Å². The molecule has 66 valence electrons. The summed E-state index contributed by atoms with van der Waals surface area (Å²) in [6.07, 6.45) is -0.737. The summed E-state index contributed by atoms with van der Waals surface area (Å²) in [7, 11) is 0. The highest BCUT2D eigenvalue weighted by Crippen LogP contribution is 2.30. The summed E-state index contributed by atoms with van der Waals surface area (Å²) in [5, 5.41) is 3.48. The zero-order chi connectivity index (χ0) is 8.72. The number of halogens is 1. The maximum absolute atomic E-state index is 12.2. The van der Waals surface area contributed by atoms with Crippen LogP contribution in [0.2, 0.25) is 0 Å². The van der Waals surface area contributed by atoms with E-state index in [-0.39, 0.29) is 11.8 Å². The number of fused-ring (bicyclic) bond motifs is 1. The fraction of sp³-hybridized carbons (Fsp3) is 0.714. The van der Waals surface area contributed by atoms with Gasteiger partial charge in [-0.15, -0.1) is 0 Å². The molecule has 0 unspecified atom stereocenters. The number of carbonyl (C=O) groups excluding carboxylic acids is 1. The molecule has 1 fully saturated rings. The van der Waals surface area contributed by atoms with Crippen LogP contribution in [0.15, 0.2) is 5.16 Å². The van der Waals surface area contributed by atoms with Gasteiger partial charge in [0.25, 0.3) is 0 Å². The van der Waals surface area contributed by atoms with E-state index in [1.165, 1.54) is 0 Å². The molecule has 3 atom stereocenters. The van der Waals surface area contributed by atoms with Gasteiger partial charge in [-0.3, -0.25) is 4.79 Å². The van der Waals surface area contributed by atoms with E-state index in [1.54, 1.807) is 6.92 Å². The molecule has 0 N–H and O–H groups in total. The predicted octanol–water partition coefficient (Wildman–Crippen LogP) is 0.272. The molecule has 0 aromatic heterocycles. The second kappa shape index (κ2) is 2.43. The Morgan fingerprint density at radius 2 is 2.42 bits per heavy atom. The van der Waals surface area contributed by atoms with E-state index < -0.39 is 24.7 Å². The second-order valence-electron chi connectivity index (χ2n) is 2.91. The smallest absolute Gasteiger partial charge is 0.319 e. The molecule has 2 rings (SSSR count). The summed E-state index contributed by atoms with van der Waals surface area (Å²) < 4.78 is 17.1. The molecule has 12 heavy (non-hydrogen) atoms. The van der Waals surface area contributed by atoms with E-state index in [9.17, 15) is 9.18 Å². The van der Waals surface area contributed by atoms with Crippen LogP contribution in [-0.2, 0) is 14.4 Å². The van der Waals surface area contributed by atoms with Crippen molar-refractivity contribution in [1.29, 1.82) is 0 Å². The monoisotopic (exact) mass is 173 g/mol. The van der Waals surface area contributed by atoms with Gasteiger partial charge in [0, 0.05) is 0 Å². The van der Waals surface area contributed by atoms with Crippen molar-refractivity contribution in [3.63, 3.8) is 0 Å². The normalized spacial score (nSPS) is 38.7. The Morgan fingerprint density at radius 1 is 1.67 bits per heavy atom. The minimum Gasteiger partial charge on any atom is -0.458 e. The molecule has 0 aromatic rings. The Morgan fingerprint density at radius 3 is 3.08 bits per heavy atom. The number of ether oxygens (including phenoxy) is 1. The largest absolute Gasteiger partial charge is 0.458 e. The Hall–Kier alpha value is -1.13. The van der Waals surface area contributed by atoms with E-state index in [0.29, 0.717) is 0 Å². The Kier molecular flexibility index (Phi) is 1.52. The van der Waals surface area contributed by atoms with Gasteiger partial charge in [0.1, 0.15) is 24.4 Å². The summed E-state index contributed by atoms with van der Waals surface area (Å²) in [6, 6.07) is 0. The number of hydrogen-bond acceptors (Lipinski definition) is 4. The van der Waals surface area contributed by atoms with Gasteiger partial charge in [-0.05, 0) is 6.92 Å². The van der Waals surface area contributed by atoms with Gasteiger partial charge in [0.05, 0.1) is 0 Å². The third-order valence-corrected chi connectivity index (χ3v) is 2.13. The topological polar surface area (TPSA) is 47.9 Å². The Labute approximate surface area is 68.3 Å². The Bertz CT molecular complexity index is 253. The summed E-state index contributed by atoms with van der Waals surface area (Å²) >= 11 is 0. The number of oxime groups is 1. The van der Waals surface area contributed by atoms with Gasteiger partial charge in [0.2, 0.25) is 0 Å². The van der Waals surface area contributed by atoms with E-state index in [2.05, 4.69) is 5.16 Å². The first-order valence-electron chi connectivity index (χ1n) is 3.73. The number of nitrogens with zero attached hydrogens (tertiary/aromatic N) is 1. The van der Waals surface area contributed by atoms with Gasteiger partial charge in [-0.25, -0.2) is 4.39 Å². The summed E-state index contributed by atoms with van der Waals surface area (Å²) in [6.45, 7) is 0.961. The molecular formula is C7H8FNO3. The van der Waals surface area contributed by atoms with Crippen molar-refractivity contribution >= 4 is 11.7 Å². The number of carbonyl (C=O) groups is 1. The minimum absolute atomic E-state index is 0.148. The molecule has 4 nitrogen and oxygen atoms in total.